The third-order valence-electron chi connectivity index (χ3n) is 2.34. The molecule has 0 unspecified atom stereocenters. The van der Waals surface area contributed by atoms with Crippen molar-refractivity contribution in [1.29, 1.82) is 0 Å². The van der Waals surface area contributed by atoms with Gasteiger partial charge in [-0.25, -0.2) is 9.97 Å². The predicted molar refractivity (Wildman–Crippen MR) is 75.1 cm³/mol. The number of nitrogens with zero attached hydrogens (tertiary/aromatic N) is 2. The van der Waals surface area contributed by atoms with E-state index in [1.807, 2.05) is 26.1 Å². The van der Waals surface area contributed by atoms with Crippen LogP contribution in [0.3, 0.4) is 0 Å². The van der Waals surface area contributed by atoms with Crippen molar-refractivity contribution in [3.63, 3.8) is 0 Å². The minimum Gasteiger partial charge on any atom is -0.316 e. The average Bonchev–Trinajstić information content (AvgIpc) is 2.36. The van der Waals surface area contributed by atoms with Crippen LogP contribution in [0.2, 0.25) is 5.02 Å². The largest absolute Gasteiger partial charge is 0.316 e. The van der Waals surface area contributed by atoms with E-state index in [-0.39, 0.29) is 0 Å². The van der Waals surface area contributed by atoms with E-state index in [1.165, 1.54) is 11.8 Å². The highest BCUT2D eigenvalue weighted by Gasteiger charge is 2.05. The number of aromatic nitrogens is 2. The molecule has 1 aromatic heterocycles. The maximum absolute atomic E-state index is 6.24. The number of halogens is 1. The Morgan fingerprint density at radius 3 is 2.61 bits per heavy atom. The van der Waals surface area contributed by atoms with E-state index in [9.17, 15) is 0 Å². The number of nitrogens with one attached hydrogen (secondary N) is 1. The van der Waals surface area contributed by atoms with Crippen LogP contribution in [0, 0.1) is 6.92 Å². The van der Waals surface area contributed by atoms with Gasteiger partial charge in [-0.15, -0.1) is 0 Å². The van der Waals surface area contributed by atoms with Gasteiger partial charge in [-0.05, 0) is 49.0 Å². The number of hydrogen-bond acceptors (Lipinski definition) is 4. The molecule has 0 aliphatic carbocycles. The molecule has 5 heteroatoms. The summed E-state index contributed by atoms with van der Waals surface area (Å²) in [7, 11) is 1.91. The third-order valence-corrected chi connectivity index (χ3v) is 3.73. The zero-order valence-corrected chi connectivity index (χ0v) is 11.8. The summed E-state index contributed by atoms with van der Waals surface area (Å²) in [5.74, 6) is 0. The van der Waals surface area contributed by atoms with Crippen LogP contribution in [0.25, 0.3) is 0 Å². The van der Waals surface area contributed by atoms with Crippen molar-refractivity contribution in [2.75, 3.05) is 7.05 Å². The van der Waals surface area contributed by atoms with Gasteiger partial charge in [0.2, 0.25) is 0 Å². The Bertz CT molecular complexity index is 528. The summed E-state index contributed by atoms with van der Waals surface area (Å²) in [6.07, 6.45) is 3.61. The Labute approximate surface area is 116 Å². The number of rotatable bonds is 4. The predicted octanol–water partition coefficient (Wildman–Crippen LogP) is 3.31. The van der Waals surface area contributed by atoms with Crippen LogP contribution in [0.5, 0.6) is 0 Å². The standard InChI is InChI=1S/C13H14ClN3S/c1-9-6-16-13(17-7-9)18-12-4-3-10(8-15-2)5-11(12)14/h3-7,15H,8H2,1-2H3. The van der Waals surface area contributed by atoms with Crippen LogP contribution >= 0.6 is 23.4 Å². The fourth-order valence-electron chi connectivity index (χ4n) is 1.47. The third kappa shape index (κ3) is 3.45. The van der Waals surface area contributed by atoms with Gasteiger partial charge in [0.25, 0.3) is 0 Å². The van der Waals surface area contributed by atoms with Crippen LogP contribution in [0.4, 0.5) is 0 Å². The second kappa shape index (κ2) is 6.18. The average molecular weight is 280 g/mol. The SMILES string of the molecule is CNCc1ccc(Sc2ncc(C)cn2)c(Cl)c1. The molecule has 0 radical (unpaired) electrons. The molecule has 0 spiro atoms. The summed E-state index contributed by atoms with van der Waals surface area (Å²) >= 11 is 7.72. The highest BCUT2D eigenvalue weighted by Crippen LogP contribution is 2.31. The van der Waals surface area contributed by atoms with Gasteiger partial charge in [0.15, 0.2) is 5.16 Å². The van der Waals surface area contributed by atoms with E-state index in [1.54, 1.807) is 12.4 Å². The van der Waals surface area contributed by atoms with E-state index in [4.69, 9.17) is 11.6 Å². The van der Waals surface area contributed by atoms with Gasteiger partial charge >= 0.3 is 0 Å². The van der Waals surface area contributed by atoms with Crippen molar-refractivity contribution >= 4 is 23.4 Å². The van der Waals surface area contributed by atoms with E-state index in [2.05, 4.69) is 21.4 Å². The Kier molecular flexibility index (Phi) is 4.58. The summed E-state index contributed by atoms with van der Waals surface area (Å²) < 4.78 is 0. The minimum atomic E-state index is 0.712. The molecular formula is C13H14ClN3S. The van der Waals surface area contributed by atoms with Gasteiger partial charge in [-0.3, -0.25) is 0 Å². The topological polar surface area (TPSA) is 37.8 Å². The molecule has 2 aromatic rings. The van der Waals surface area contributed by atoms with Crippen molar-refractivity contribution in [3.8, 4) is 0 Å². The van der Waals surface area contributed by atoms with E-state index in [0.717, 1.165) is 27.6 Å². The normalized spacial score (nSPS) is 10.6. The van der Waals surface area contributed by atoms with Crippen molar-refractivity contribution in [2.45, 2.75) is 23.5 Å². The molecule has 0 saturated carbocycles. The van der Waals surface area contributed by atoms with E-state index >= 15 is 0 Å². The minimum absolute atomic E-state index is 0.712. The molecule has 0 aliphatic rings. The van der Waals surface area contributed by atoms with Gasteiger partial charge in [0.05, 0.1) is 5.02 Å². The Morgan fingerprint density at radius 2 is 2.00 bits per heavy atom. The molecule has 1 aromatic carbocycles. The van der Waals surface area contributed by atoms with Crippen LogP contribution in [-0.2, 0) is 6.54 Å². The molecule has 1 N–H and O–H groups in total. The van der Waals surface area contributed by atoms with Crippen molar-refractivity contribution in [2.24, 2.45) is 0 Å². The second-order valence-corrected chi connectivity index (χ2v) is 5.36. The second-order valence-electron chi connectivity index (χ2n) is 3.94. The van der Waals surface area contributed by atoms with Gasteiger partial charge in [0.1, 0.15) is 0 Å². The fraction of sp³-hybridized carbons (Fsp3) is 0.231. The Morgan fingerprint density at radius 1 is 1.28 bits per heavy atom. The lowest BCUT2D eigenvalue weighted by Crippen LogP contribution is -2.04. The number of aryl methyl sites for hydroxylation is 1. The van der Waals surface area contributed by atoms with Crippen LogP contribution in [0.15, 0.2) is 40.6 Å². The summed E-state index contributed by atoms with van der Waals surface area (Å²) in [5.41, 5.74) is 2.21. The Hall–Kier alpha value is -1.10. The molecule has 0 atom stereocenters. The van der Waals surface area contributed by atoms with E-state index in [0.29, 0.717) is 5.16 Å². The summed E-state index contributed by atoms with van der Waals surface area (Å²) in [5, 5.41) is 4.54. The molecule has 0 aliphatic heterocycles. The summed E-state index contributed by atoms with van der Waals surface area (Å²) in [6.45, 7) is 2.78. The smallest absolute Gasteiger partial charge is 0.192 e. The van der Waals surface area contributed by atoms with Crippen molar-refractivity contribution in [1.82, 2.24) is 15.3 Å². The molecule has 3 nitrogen and oxygen atoms in total. The van der Waals surface area contributed by atoms with Gasteiger partial charge in [-0.2, -0.15) is 0 Å². The first-order chi connectivity index (χ1) is 8.69. The molecule has 0 amide bonds. The van der Waals surface area contributed by atoms with Crippen LogP contribution in [0.1, 0.15) is 11.1 Å². The summed E-state index contributed by atoms with van der Waals surface area (Å²) in [4.78, 5) is 9.48. The molecule has 1 heterocycles. The zero-order chi connectivity index (χ0) is 13.0. The maximum Gasteiger partial charge on any atom is 0.192 e. The lowest BCUT2D eigenvalue weighted by molar-refractivity contribution is 0.817. The molecule has 18 heavy (non-hydrogen) atoms. The molecule has 2 rings (SSSR count). The molecule has 94 valence electrons. The van der Waals surface area contributed by atoms with Gasteiger partial charge in [0, 0.05) is 23.8 Å². The molecule has 0 saturated heterocycles. The number of benzene rings is 1. The lowest BCUT2D eigenvalue weighted by Gasteiger charge is -2.06. The van der Waals surface area contributed by atoms with Crippen LogP contribution < -0.4 is 5.32 Å². The first-order valence-corrected chi connectivity index (χ1v) is 6.78. The first-order valence-electron chi connectivity index (χ1n) is 5.58. The molecular weight excluding hydrogens is 266 g/mol. The lowest BCUT2D eigenvalue weighted by atomic mass is 10.2. The summed E-state index contributed by atoms with van der Waals surface area (Å²) in [6, 6.07) is 6.02. The monoisotopic (exact) mass is 279 g/mol. The van der Waals surface area contributed by atoms with Crippen molar-refractivity contribution in [3.05, 3.63) is 46.7 Å². The highest BCUT2D eigenvalue weighted by atomic mass is 35.5. The maximum atomic E-state index is 6.24. The Balaban J connectivity index is 2.16. The molecule has 0 fully saturated rings. The number of hydrogen-bond donors (Lipinski definition) is 1. The zero-order valence-electron chi connectivity index (χ0n) is 10.3. The molecule has 0 bridgehead atoms. The van der Waals surface area contributed by atoms with Gasteiger partial charge in [-0.1, -0.05) is 17.7 Å². The van der Waals surface area contributed by atoms with Crippen molar-refractivity contribution < 1.29 is 0 Å². The highest BCUT2D eigenvalue weighted by molar-refractivity contribution is 7.99. The van der Waals surface area contributed by atoms with E-state index < -0.39 is 0 Å². The van der Waals surface area contributed by atoms with Gasteiger partial charge < -0.3 is 5.32 Å². The fourth-order valence-corrected chi connectivity index (χ4v) is 2.49. The quantitative estimate of drug-likeness (QED) is 0.872. The first kappa shape index (κ1) is 13.3. The van der Waals surface area contributed by atoms with Crippen LogP contribution in [-0.4, -0.2) is 17.0 Å².